The van der Waals surface area contributed by atoms with Crippen LogP contribution in [0.5, 0.6) is 5.75 Å². The average molecular weight is 274 g/mol. The van der Waals surface area contributed by atoms with E-state index in [1.54, 1.807) is 24.3 Å². The zero-order valence-electron chi connectivity index (χ0n) is 11.0. The van der Waals surface area contributed by atoms with Crippen LogP contribution in [0.15, 0.2) is 42.5 Å². The van der Waals surface area contributed by atoms with Crippen molar-refractivity contribution in [1.29, 1.82) is 0 Å². The Morgan fingerprint density at radius 2 is 2.00 bits per heavy atom. The summed E-state index contributed by atoms with van der Waals surface area (Å²) < 4.78 is 18.7. The fourth-order valence-electron chi connectivity index (χ4n) is 1.67. The highest BCUT2D eigenvalue weighted by Crippen LogP contribution is 2.24. The van der Waals surface area contributed by atoms with Crippen molar-refractivity contribution in [2.45, 2.75) is 6.92 Å². The third-order valence-electron chi connectivity index (χ3n) is 2.79. The van der Waals surface area contributed by atoms with Crippen LogP contribution in [-0.4, -0.2) is 12.5 Å². The lowest BCUT2D eigenvalue weighted by Gasteiger charge is -2.11. The van der Waals surface area contributed by atoms with Crippen molar-refractivity contribution in [2.75, 3.05) is 17.7 Å². The van der Waals surface area contributed by atoms with Gasteiger partial charge in [0, 0.05) is 0 Å². The number of para-hydroxylation sites is 2. The van der Waals surface area contributed by atoms with Crippen LogP contribution in [-0.2, 0) is 4.79 Å². The first kappa shape index (κ1) is 13.9. The zero-order valence-corrected chi connectivity index (χ0v) is 11.0. The van der Waals surface area contributed by atoms with Crippen LogP contribution < -0.4 is 15.8 Å². The summed E-state index contributed by atoms with van der Waals surface area (Å²) in [5.41, 5.74) is 7.32. The van der Waals surface area contributed by atoms with Crippen LogP contribution in [0, 0.1) is 12.7 Å². The summed E-state index contributed by atoms with van der Waals surface area (Å²) >= 11 is 0. The second-order valence-corrected chi connectivity index (χ2v) is 4.30. The largest absolute Gasteiger partial charge is 0.482 e. The molecule has 0 saturated carbocycles. The number of halogens is 1. The number of amides is 1. The number of carbonyl (C=O) groups excluding carboxylic acids is 1. The summed E-state index contributed by atoms with van der Waals surface area (Å²) in [6.07, 6.45) is 0. The molecule has 20 heavy (non-hydrogen) atoms. The lowest BCUT2D eigenvalue weighted by atomic mass is 10.2. The van der Waals surface area contributed by atoms with Crippen molar-refractivity contribution in [3.8, 4) is 5.75 Å². The highest BCUT2D eigenvalue weighted by atomic mass is 19.1. The van der Waals surface area contributed by atoms with E-state index in [-0.39, 0.29) is 12.3 Å². The molecule has 0 unspecified atom stereocenters. The van der Waals surface area contributed by atoms with E-state index in [1.165, 1.54) is 12.1 Å². The van der Waals surface area contributed by atoms with Gasteiger partial charge in [-0.15, -0.1) is 0 Å². The van der Waals surface area contributed by atoms with Gasteiger partial charge >= 0.3 is 0 Å². The summed E-state index contributed by atoms with van der Waals surface area (Å²) in [5.74, 6) is -0.499. The van der Waals surface area contributed by atoms with Gasteiger partial charge in [-0.1, -0.05) is 24.3 Å². The maximum atomic E-state index is 13.4. The molecule has 2 aromatic rings. The number of aryl methyl sites for hydroxylation is 1. The molecule has 4 nitrogen and oxygen atoms in total. The molecule has 2 rings (SSSR count). The van der Waals surface area contributed by atoms with Crippen LogP contribution in [0.3, 0.4) is 0 Å². The highest BCUT2D eigenvalue weighted by Gasteiger charge is 2.09. The second kappa shape index (κ2) is 6.06. The Labute approximate surface area is 116 Å². The fourth-order valence-corrected chi connectivity index (χ4v) is 1.67. The predicted molar refractivity (Wildman–Crippen MR) is 76.1 cm³/mol. The lowest BCUT2D eigenvalue weighted by Crippen LogP contribution is -2.21. The van der Waals surface area contributed by atoms with Crippen molar-refractivity contribution >= 4 is 17.3 Å². The Morgan fingerprint density at radius 1 is 1.25 bits per heavy atom. The lowest BCUT2D eigenvalue weighted by molar-refractivity contribution is -0.118. The highest BCUT2D eigenvalue weighted by molar-refractivity contribution is 5.92. The maximum absolute atomic E-state index is 13.4. The maximum Gasteiger partial charge on any atom is 0.262 e. The number of benzene rings is 2. The van der Waals surface area contributed by atoms with E-state index in [0.717, 1.165) is 5.56 Å². The van der Waals surface area contributed by atoms with Gasteiger partial charge in [0.05, 0.1) is 11.4 Å². The molecule has 104 valence electrons. The summed E-state index contributed by atoms with van der Waals surface area (Å²) in [6.45, 7) is 1.61. The first-order valence-electron chi connectivity index (χ1n) is 6.10. The molecule has 0 heterocycles. The van der Waals surface area contributed by atoms with E-state index in [0.29, 0.717) is 11.4 Å². The van der Waals surface area contributed by atoms with Crippen LogP contribution >= 0.6 is 0 Å². The van der Waals surface area contributed by atoms with Gasteiger partial charge in [-0.25, -0.2) is 4.39 Å². The summed E-state index contributed by atoms with van der Waals surface area (Å²) in [4.78, 5) is 11.7. The minimum Gasteiger partial charge on any atom is -0.482 e. The number of nitrogens with two attached hydrogens (primary N) is 1. The fraction of sp³-hybridized carbons (Fsp3) is 0.133. The molecule has 0 aliphatic carbocycles. The number of hydrogen-bond donors (Lipinski definition) is 2. The second-order valence-electron chi connectivity index (χ2n) is 4.30. The molecular formula is C15H15FN2O2. The summed E-state index contributed by atoms with van der Waals surface area (Å²) in [6, 6.07) is 11.3. The molecule has 0 aliphatic heterocycles. The van der Waals surface area contributed by atoms with Crippen LogP contribution in [0.4, 0.5) is 15.8 Å². The molecule has 0 fully saturated rings. The van der Waals surface area contributed by atoms with Crippen molar-refractivity contribution in [2.24, 2.45) is 0 Å². The standard InChI is InChI=1S/C15H15FN2O2/c1-10-5-4-8-13(15(10)17)20-9-14(19)18-12-7-3-2-6-11(12)16/h2-8H,9,17H2,1H3,(H,18,19). The first-order valence-corrected chi connectivity index (χ1v) is 6.10. The van der Waals surface area contributed by atoms with E-state index in [4.69, 9.17) is 10.5 Å². The van der Waals surface area contributed by atoms with Crippen molar-refractivity contribution < 1.29 is 13.9 Å². The van der Waals surface area contributed by atoms with E-state index < -0.39 is 11.7 Å². The number of nitrogens with one attached hydrogen (secondary N) is 1. The number of rotatable bonds is 4. The molecule has 0 spiro atoms. The molecule has 1 amide bonds. The predicted octanol–water partition coefficient (Wildman–Crippen LogP) is 2.73. The van der Waals surface area contributed by atoms with Gasteiger partial charge in [0.2, 0.25) is 0 Å². The molecule has 2 aromatic carbocycles. The molecular weight excluding hydrogens is 259 g/mol. The molecule has 0 bridgehead atoms. The number of hydrogen-bond acceptors (Lipinski definition) is 3. The number of anilines is 2. The van der Waals surface area contributed by atoms with Crippen molar-refractivity contribution in [1.82, 2.24) is 0 Å². The van der Waals surface area contributed by atoms with E-state index in [9.17, 15) is 9.18 Å². The molecule has 0 saturated heterocycles. The van der Waals surface area contributed by atoms with Crippen LogP contribution in [0.25, 0.3) is 0 Å². The number of ether oxygens (including phenoxy) is 1. The molecule has 0 radical (unpaired) electrons. The Bertz CT molecular complexity index is 629. The minimum absolute atomic E-state index is 0.123. The first-order chi connectivity index (χ1) is 9.58. The Hall–Kier alpha value is -2.56. The zero-order chi connectivity index (χ0) is 14.5. The van der Waals surface area contributed by atoms with Gasteiger partial charge in [-0.05, 0) is 30.7 Å². The van der Waals surface area contributed by atoms with Gasteiger partial charge in [-0.3, -0.25) is 4.79 Å². The quantitative estimate of drug-likeness (QED) is 0.842. The Kier molecular flexibility index (Phi) is 4.20. The van der Waals surface area contributed by atoms with Crippen molar-refractivity contribution in [3.63, 3.8) is 0 Å². The van der Waals surface area contributed by atoms with E-state index >= 15 is 0 Å². The van der Waals surface area contributed by atoms with E-state index in [2.05, 4.69) is 5.32 Å². The monoisotopic (exact) mass is 274 g/mol. The smallest absolute Gasteiger partial charge is 0.262 e. The normalized spacial score (nSPS) is 10.1. The van der Waals surface area contributed by atoms with Gasteiger partial charge in [0.25, 0.3) is 5.91 Å². The Morgan fingerprint density at radius 3 is 2.75 bits per heavy atom. The van der Waals surface area contributed by atoms with E-state index in [1.807, 2.05) is 13.0 Å². The van der Waals surface area contributed by atoms with Crippen LogP contribution in [0.1, 0.15) is 5.56 Å². The third-order valence-corrected chi connectivity index (χ3v) is 2.79. The third kappa shape index (κ3) is 3.26. The summed E-state index contributed by atoms with van der Waals surface area (Å²) in [7, 11) is 0. The molecule has 0 atom stereocenters. The molecule has 0 aliphatic rings. The van der Waals surface area contributed by atoms with Gasteiger partial charge in [0.1, 0.15) is 11.6 Å². The summed E-state index contributed by atoms with van der Waals surface area (Å²) in [5, 5.41) is 2.43. The van der Waals surface area contributed by atoms with Gasteiger partial charge in [0.15, 0.2) is 6.61 Å². The number of carbonyl (C=O) groups is 1. The van der Waals surface area contributed by atoms with Gasteiger partial charge < -0.3 is 15.8 Å². The minimum atomic E-state index is -0.490. The SMILES string of the molecule is Cc1cccc(OCC(=O)Nc2ccccc2F)c1N. The number of nitrogen functional groups attached to an aromatic ring is 1. The topological polar surface area (TPSA) is 64.3 Å². The Balaban J connectivity index is 1.96. The van der Waals surface area contributed by atoms with Crippen molar-refractivity contribution in [3.05, 3.63) is 53.8 Å². The van der Waals surface area contributed by atoms with Gasteiger partial charge in [-0.2, -0.15) is 0 Å². The molecule has 3 N–H and O–H groups in total. The van der Waals surface area contributed by atoms with Crippen LogP contribution in [0.2, 0.25) is 0 Å². The molecule has 0 aromatic heterocycles. The average Bonchev–Trinajstić information content (AvgIpc) is 2.43. The molecule has 5 heteroatoms.